The molecule has 86 valence electrons. The molecule has 1 rings (SSSR count). The summed E-state index contributed by atoms with van der Waals surface area (Å²) in [6.45, 7) is 6.82. The topological polar surface area (TPSA) is 40.6 Å². The van der Waals surface area contributed by atoms with Gasteiger partial charge in [-0.05, 0) is 13.5 Å². The van der Waals surface area contributed by atoms with E-state index in [1.54, 1.807) is 4.90 Å². The molecule has 1 fully saturated rings. The molecule has 1 heterocycles. The highest BCUT2D eigenvalue weighted by Crippen LogP contribution is 2.07. The SMILES string of the molecule is CCC(C)C(=O)C(=O)N1CCN(C)CC1. The van der Waals surface area contributed by atoms with Crippen molar-refractivity contribution in [2.75, 3.05) is 33.2 Å². The molecular weight excluding hydrogens is 192 g/mol. The van der Waals surface area contributed by atoms with Gasteiger partial charge in [0.15, 0.2) is 0 Å². The monoisotopic (exact) mass is 212 g/mol. The maximum Gasteiger partial charge on any atom is 0.290 e. The van der Waals surface area contributed by atoms with Crippen LogP contribution in [0.4, 0.5) is 0 Å². The van der Waals surface area contributed by atoms with E-state index in [4.69, 9.17) is 0 Å². The van der Waals surface area contributed by atoms with Crippen LogP contribution in [0.25, 0.3) is 0 Å². The molecule has 0 radical (unpaired) electrons. The largest absolute Gasteiger partial charge is 0.334 e. The Morgan fingerprint density at radius 2 is 1.73 bits per heavy atom. The fourth-order valence-corrected chi connectivity index (χ4v) is 1.56. The van der Waals surface area contributed by atoms with Gasteiger partial charge in [-0.15, -0.1) is 0 Å². The number of Topliss-reactive ketones (excluding diaryl/α,β-unsaturated/α-hetero) is 1. The zero-order chi connectivity index (χ0) is 11.4. The molecule has 1 amide bonds. The lowest BCUT2D eigenvalue weighted by molar-refractivity contribution is -0.147. The fraction of sp³-hybridized carbons (Fsp3) is 0.818. The zero-order valence-electron chi connectivity index (χ0n) is 9.82. The van der Waals surface area contributed by atoms with Crippen molar-refractivity contribution in [2.24, 2.45) is 5.92 Å². The van der Waals surface area contributed by atoms with Gasteiger partial charge in [-0.2, -0.15) is 0 Å². The summed E-state index contributed by atoms with van der Waals surface area (Å²) in [6.07, 6.45) is 0.734. The Balaban J connectivity index is 2.50. The van der Waals surface area contributed by atoms with Gasteiger partial charge in [-0.1, -0.05) is 13.8 Å². The van der Waals surface area contributed by atoms with Crippen LogP contribution in [0.2, 0.25) is 0 Å². The number of rotatable bonds is 3. The van der Waals surface area contributed by atoms with Crippen molar-refractivity contribution in [3.63, 3.8) is 0 Å². The van der Waals surface area contributed by atoms with Gasteiger partial charge in [0.2, 0.25) is 5.78 Å². The summed E-state index contributed by atoms with van der Waals surface area (Å²) >= 11 is 0. The summed E-state index contributed by atoms with van der Waals surface area (Å²) in [6, 6.07) is 0. The predicted molar refractivity (Wildman–Crippen MR) is 58.5 cm³/mol. The number of nitrogens with zero attached hydrogens (tertiary/aromatic N) is 2. The second kappa shape index (κ2) is 5.26. The van der Waals surface area contributed by atoms with Crippen LogP contribution in [0.3, 0.4) is 0 Å². The Labute approximate surface area is 91.2 Å². The molecule has 0 aromatic rings. The van der Waals surface area contributed by atoms with Crippen molar-refractivity contribution < 1.29 is 9.59 Å². The maximum atomic E-state index is 11.8. The average Bonchev–Trinajstić information content (AvgIpc) is 2.27. The van der Waals surface area contributed by atoms with Gasteiger partial charge in [0, 0.05) is 32.1 Å². The second-order valence-electron chi connectivity index (χ2n) is 4.27. The van der Waals surface area contributed by atoms with Crippen LogP contribution in [-0.4, -0.2) is 54.7 Å². The molecule has 0 N–H and O–H groups in total. The fourth-order valence-electron chi connectivity index (χ4n) is 1.56. The third-order valence-corrected chi connectivity index (χ3v) is 3.06. The molecular formula is C11H20N2O2. The van der Waals surface area contributed by atoms with Crippen molar-refractivity contribution in [1.82, 2.24) is 9.80 Å². The van der Waals surface area contributed by atoms with Gasteiger partial charge in [0.1, 0.15) is 0 Å². The standard InChI is InChI=1S/C11H20N2O2/c1-4-9(2)10(14)11(15)13-7-5-12(3)6-8-13/h9H,4-8H2,1-3H3. The van der Waals surface area contributed by atoms with Gasteiger partial charge in [-0.3, -0.25) is 9.59 Å². The van der Waals surface area contributed by atoms with Gasteiger partial charge < -0.3 is 9.80 Å². The summed E-state index contributed by atoms with van der Waals surface area (Å²) in [4.78, 5) is 27.3. The Bertz CT molecular complexity index is 245. The van der Waals surface area contributed by atoms with E-state index in [9.17, 15) is 9.59 Å². The highest BCUT2D eigenvalue weighted by Gasteiger charge is 2.27. The minimum Gasteiger partial charge on any atom is -0.334 e. The molecule has 15 heavy (non-hydrogen) atoms. The average molecular weight is 212 g/mol. The normalized spacial score (nSPS) is 20.1. The summed E-state index contributed by atoms with van der Waals surface area (Å²) < 4.78 is 0. The molecule has 1 saturated heterocycles. The molecule has 0 aromatic heterocycles. The number of piperazine rings is 1. The van der Waals surface area contributed by atoms with E-state index >= 15 is 0 Å². The van der Waals surface area contributed by atoms with Crippen LogP contribution < -0.4 is 0 Å². The van der Waals surface area contributed by atoms with Crippen molar-refractivity contribution >= 4 is 11.7 Å². The highest BCUT2D eigenvalue weighted by molar-refractivity contribution is 6.36. The molecule has 4 nitrogen and oxygen atoms in total. The first kappa shape index (κ1) is 12.2. The second-order valence-corrected chi connectivity index (χ2v) is 4.27. The molecule has 1 atom stereocenters. The first-order chi connectivity index (χ1) is 7.06. The van der Waals surface area contributed by atoms with Crippen LogP contribution in [0, 0.1) is 5.92 Å². The Kier molecular flexibility index (Phi) is 4.27. The van der Waals surface area contributed by atoms with E-state index < -0.39 is 0 Å². The quantitative estimate of drug-likeness (QED) is 0.635. The molecule has 1 aliphatic rings. The molecule has 0 saturated carbocycles. The zero-order valence-corrected chi connectivity index (χ0v) is 9.82. The number of carbonyl (C=O) groups excluding carboxylic acids is 2. The van der Waals surface area contributed by atoms with Crippen molar-refractivity contribution in [3.8, 4) is 0 Å². The van der Waals surface area contributed by atoms with Gasteiger partial charge in [-0.25, -0.2) is 0 Å². The smallest absolute Gasteiger partial charge is 0.290 e. The van der Waals surface area contributed by atoms with E-state index in [1.807, 2.05) is 20.9 Å². The lowest BCUT2D eigenvalue weighted by Gasteiger charge is -2.32. The number of hydrogen-bond donors (Lipinski definition) is 0. The number of hydrogen-bond acceptors (Lipinski definition) is 3. The van der Waals surface area contributed by atoms with Gasteiger partial charge >= 0.3 is 0 Å². The Morgan fingerprint density at radius 1 is 1.20 bits per heavy atom. The predicted octanol–water partition coefficient (Wildman–Crippen LogP) is 0.376. The highest BCUT2D eigenvalue weighted by atomic mass is 16.2. The Hall–Kier alpha value is -0.900. The van der Waals surface area contributed by atoms with Crippen LogP contribution in [0.1, 0.15) is 20.3 Å². The third kappa shape index (κ3) is 3.02. The number of carbonyl (C=O) groups is 2. The van der Waals surface area contributed by atoms with E-state index in [-0.39, 0.29) is 17.6 Å². The van der Waals surface area contributed by atoms with Crippen molar-refractivity contribution in [2.45, 2.75) is 20.3 Å². The van der Waals surface area contributed by atoms with E-state index in [0.717, 1.165) is 19.5 Å². The first-order valence-electron chi connectivity index (χ1n) is 5.58. The van der Waals surface area contributed by atoms with E-state index in [0.29, 0.717) is 13.1 Å². The minimum absolute atomic E-state index is 0.142. The van der Waals surface area contributed by atoms with Crippen LogP contribution in [0.5, 0.6) is 0 Å². The van der Waals surface area contributed by atoms with Crippen molar-refractivity contribution in [3.05, 3.63) is 0 Å². The van der Waals surface area contributed by atoms with Crippen LogP contribution in [-0.2, 0) is 9.59 Å². The molecule has 4 heteroatoms. The number of amides is 1. The summed E-state index contributed by atoms with van der Waals surface area (Å²) in [5.41, 5.74) is 0. The molecule has 0 bridgehead atoms. The summed E-state index contributed by atoms with van der Waals surface area (Å²) in [5, 5.41) is 0. The molecule has 1 unspecified atom stereocenters. The van der Waals surface area contributed by atoms with Crippen molar-refractivity contribution in [1.29, 1.82) is 0 Å². The number of ketones is 1. The Morgan fingerprint density at radius 3 is 2.20 bits per heavy atom. The molecule has 0 spiro atoms. The van der Waals surface area contributed by atoms with Gasteiger partial charge in [0.05, 0.1) is 0 Å². The van der Waals surface area contributed by atoms with Crippen LogP contribution >= 0.6 is 0 Å². The number of likely N-dealkylation sites (N-methyl/N-ethyl adjacent to an activating group) is 1. The van der Waals surface area contributed by atoms with E-state index in [2.05, 4.69) is 4.90 Å². The summed E-state index contributed by atoms with van der Waals surface area (Å²) in [7, 11) is 2.03. The van der Waals surface area contributed by atoms with Crippen LogP contribution in [0.15, 0.2) is 0 Å². The van der Waals surface area contributed by atoms with E-state index in [1.165, 1.54) is 0 Å². The maximum absolute atomic E-state index is 11.8. The lowest BCUT2D eigenvalue weighted by Crippen LogP contribution is -2.50. The molecule has 0 aromatic carbocycles. The molecule has 1 aliphatic heterocycles. The lowest BCUT2D eigenvalue weighted by atomic mass is 10.0. The summed E-state index contributed by atoms with van der Waals surface area (Å²) in [5.74, 6) is -0.670. The molecule has 0 aliphatic carbocycles. The van der Waals surface area contributed by atoms with Gasteiger partial charge in [0.25, 0.3) is 5.91 Å². The third-order valence-electron chi connectivity index (χ3n) is 3.06. The first-order valence-corrected chi connectivity index (χ1v) is 5.58. The minimum atomic E-state index is -0.294.